The number of nitrogens with one attached hydrogen (secondary N) is 1. The fourth-order valence-electron chi connectivity index (χ4n) is 3.57. The number of hydrogen-bond donors (Lipinski definition) is 1. The van der Waals surface area contributed by atoms with Crippen LogP contribution < -0.4 is 10.1 Å². The first-order valence-corrected chi connectivity index (χ1v) is 10.2. The molecule has 0 aliphatic carbocycles. The first-order chi connectivity index (χ1) is 13.6. The number of guanidine groups is 1. The minimum absolute atomic E-state index is 0. The van der Waals surface area contributed by atoms with Gasteiger partial charge in [-0.25, -0.2) is 0 Å². The van der Waals surface area contributed by atoms with Gasteiger partial charge in [-0.2, -0.15) is 0 Å². The highest BCUT2D eigenvalue weighted by atomic mass is 127. The van der Waals surface area contributed by atoms with Crippen molar-refractivity contribution in [2.24, 2.45) is 4.99 Å². The number of halogens is 1. The number of nitrogens with zero attached hydrogens (tertiary/aromatic N) is 3. The third-order valence-corrected chi connectivity index (χ3v) is 5.21. The third-order valence-electron chi connectivity index (χ3n) is 5.21. The summed E-state index contributed by atoms with van der Waals surface area (Å²) < 4.78 is 11.5. The van der Waals surface area contributed by atoms with Crippen molar-refractivity contribution in [3.05, 3.63) is 29.8 Å². The highest BCUT2D eigenvalue weighted by Gasteiger charge is 2.30. The summed E-state index contributed by atoms with van der Waals surface area (Å²) in [7, 11) is 1.79. The van der Waals surface area contributed by atoms with Gasteiger partial charge in [0, 0.05) is 39.8 Å². The van der Waals surface area contributed by atoms with E-state index in [1.807, 2.05) is 36.1 Å². The number of hydrogen-bond acceptors (Lipinski definition) is 4. The van der Waals surface area contributed by atoms with Crippen LogP contribution in [0.2, 0.25) is 0 Å². The highest BCUT2D eigenvalue weighted by molar-refractivity contribution is 14.0. The topological polar surface area (TPSA) is 66.4 Å². The zero-order valence-electron chi connectivity index (χ0n) is 17.6. The van der Waals surface area contributed by atoms with E-state index in [4.69, 9.17) is 9.47 Å². The number of ether oxygens (including phenoxy) is 2. The van der Waals surface area contributed by atoms with E-state index in [0.29, 0.717) is 26.2 Å². The van der Waals surface area contributed by atoms with Crippen molar-refractivity contribution >= 4 is 35.8 Å². The summed E-state index contributed by atoms with van der Waals surface area (Å²) in [5.74, 6) is 1.86. The summed E-state index contributed by atoms with van der Waals surface area (Å²) >= 11 is 0. The molecule has 8 heteroatoms. The van der Waals surface area contributed by atoms with Gasteiger partial charge in [0.2, 0.25) is 0 Å². The second kappa shape index (κ2) is 11.6. The minimum atomic E-state index is -0.233. The standard InChI is InChI=1S/C21H32N4O3.HI/c1-16-6-8-18(9-7-16)28-17(2)15-23-21(22-3)25-12-10-24(11-13-25)20(26)19-5-4-14-27-19;/h6-9,17,19H,4-5,10-15H2,1-3H3,(H,22,23);1H. The second-order valence-electron chi connectivity index (χ2n) is 7.48. The fraction of sp³-hybridized carbons (Fsp3) is 0.619. The maximum atomic E-state index is 12.5. The van der Waals surface area contributed by atoms with Crippen molar-refractivity contribution in [1.29, 1.82) is 0 Å². The average molecular weight is 516 g/mol. The molecule has 162 valence electrons. The van der Waals surface area contributed by atoms with Crippen LogP contribution in [0.15, 0.2) is 29.3 Å². The molecule has 2 saturated heterocycles. The quantitative estimate of drug-likeness (QED) is 0.370. The Morgan fingerprint density at radius 3 is 2.48 bits per heavy atom. The van der Waals surface area contributed by atoms with Crippen LogP contribution in [0.3, 0.4) is 0 Å². The highest BCUT2D eigenvalue weighted by Crippen LogP contribution is 2.16. The number of aliphatic imine (C=N–C) groups is 1. The molecule has 2 unspecified atom stereocenters. The van der Waals surface area contributed by atoms with Crippen molar-refractivity contribution < 1.29 is 14.3 Å². The minimum Gasteiger partial charge on any atom is -0.489 e. The lowest BCUT2D eigenvalue weighted by atomic mass is 10.2. The van der Waals surface area contributed by atoms with Gasteiger partial charge in [-0.15, -0.1) is 24.0 Å². The Balaban J connectivity index is 0.00000300. The van der Waals surface area contributed by atoms with E-state index in [-0.39, 0.29) is 42.1 Å². The Morgan fingerprint density at radius 2 is 1.90 bits per heavy atom. The number of rotatable bonds is 5. The molecular weight excluding hydrogens is 483 g/mol. The number of amides is 1. The number of benzene rings is 1. The summed E-state index contributed by atoms with van der Waals surface area (Å²) in [4.78, 5) is 21.0. The molecule has 0 saturated carbocycles. The summed E-state index contributed by atoms with van der Waals surface area (Å²) in [5, 5.41) is 3.39. The van der Waals surface area contributed by atoms with Crippen molar-refractivity contribution in [1.82, 2.24) is 15.1 Å². The SMILES string of the molecule is CN=C(NCC(C)Oc1ccc(C)cc1)N1CCN(C(=O)C2CCCO2)CC1.I. The van der Waals surface area contributed by atoms with Crippen LogP contribution in [-0.2, 0) is 9.53 Å². The smallest absolute Gasteiger partial charge is 0.251 e. The third kappa shape index (κ3) is 6.74. The fourth-order valence-corrected chi connectivity index (χ4v) is 3.57. The normalized spacial score (nSPS) is 20.8. The average Bonchev–Trinajstić information content (AvgIpc) is 3.25. The van der Waals surface area contributed by atoms with E-state index in [1.54, 1.807) is 7.05 Å². The predicted octanol–water partition coefficient (Wildman–Crippen LogP) is 2.28. The van der Waals surface area contributed by atoms with Crippen molar-refractivity contribution in [2.75, 3.05) is 46.4 Å². The molecule has 0 bridgehead atoms. The van der Waals surface area contributed by atoms with Gasteiger partial charge in [-0.05, 0) is 38.8 Å². The molecule has 1 aromatic rings. The number of piperazine rings is 1. The molecule has 3 rings (SSSR count). The second-order valence-corrected chi connectivity index (χ2v) is 7.48. The maximum absolute atomic E-state index is 12.5. The molecule has 2 aliphatic rings. The summed E-state index contributed by atoms with van der Waals surface area (Å²) in [6.07, 6.45) is 1.61. The van der Waals surface area contributed by atoms with Crippen LogP contribution in [-0.4, -0.2) is 80.3 Å². The zero-order valence-corrected chi connectivity index (χ0v) is 19.9. The van der Waals surface area contributed by atoms with Gasteiger partial charge < -0.3 is 24.6 Å². The van der Waals surface area contributed by atoms with Gasteiger partial charge in [0.15, 0.2) is 5.96 Å². The van der Waals surface area contributed by atoms with E-state index in [9.17, 15) is 4.79 Å². The van der Waals surface area contributed by atoms with Crippen LogP contribution in [0, 0.1) is 6.92 Å². The molecule has 2 heterocycles. The molecule has 1 N–H and O–H groups in total. The van der Waals surface area contributed by atoms with Crippen LogP contribution in [0.1, 0.15) is 25.3 Å². The van der Waals surface area contributed by atoms with E-state index < -0.39 is 0 Å². The lowest BCUT2D eigenvalue weighted by Crippen LogP contribution is -2.55. The zero-order chi connectivity index (χ0) is 19.9. The lowest BCUT2D eigenvalue weighted by molar-refractivity contribution is -0.142. The molecule has 0 radical (unpaired) electrons. The van der Waals surface area contributed by atoms with Gasteiger partial charge in [-0.3, -0.25) is 9.79 Å². The van der Waals surface area contributed by atoms with E-state index in [1.165, 1.54) is 5.56 Å². The van der Waals surface area contributed by atoms with Gasteiger partial charge >= 0.3 is 0 Å². The Hall–Kier alpha value is -1.55. The molecule has 2 fully saturated rings. The molecule has 2 atom stereocenters. The Labute approximate surface area is 190 Å². The van der Waals surface area contributed by atoms with Crippen LogP contribution >= 0.6 is 24.0 Å². The Morgan fingerprint density at radius 1 is 1.24 bits per heavy atom. The monoisotopic (exact) mass is 516 g/mol. The lowest BCUT2D eigenvalue weighted by Gasteiger charge is -2.37. The van der Waals surface area contributed by atoms with Gasteiger partial charge in [0.1, 0.15) is 18.0 Å². The number of carbonyl (C=O) groups excluding carboxylic acids is 1. The molecule has 1 aromatic carbocycles. The largest absolute Gasteiger partial charge is 0.489 e. The summed E-state index contributed by atoms with van der Waals surface area (Å²) in [6, 6.07) is 8.08. The number of carbonyl (C=O) groups is 1. The molecule has 2 aliphatic heterocycles. The van der Waals surface area contributed by atoms with Crippen LogP contribution in [0.4, 0.5) is 0 Å². The Bertz CT molecular complexity index is 669. The summed E-state index contributed by atoms with van der Waals surface area (Å²) in [5.41, 5.74) is 1.22. The van der Waals surface area contributed by atoms with Gasteiger partial charge in [0.25, 0.3) is 5.91 Å². The predicted molar refractivity (Wildman–Crippen MR) is 125 cm³/mol. The van der Waals surface area contributed by atoms with Gasteiger partial charge in [-0.1, -0.05) is 17.7 Å². The molecule has 0 spiro atoms. The number of aryl methyl sites for hydroxylation is 1. The maximum Gasteiger partial charge on any atom is 0.251 e. The molecule has 0 aromatic heterocycles. The van der Waals surface area contributed by atoms with Crippen LogP contribution in [0.5, 0.6) is 5.75 Å². The molecule has 7 nitrogen and oxygen atoms in total. The van der Waals surface area contributed by atoms with E-state index in [0.717, 1.165) is 37.6 Å². The first-order valence-electron chi connectivity index (χ1n) is 10.2. The Kier molecular flexibility index (Phi) is 9.48. The van der Waals surface area contributed by atoms with Crippen molar-refractivity contribution in [3.63, 3.8) is 0 Å². The molecular formula is C21H33IN4O3. The van der Waals surface area contributed by atoms with Crippen molar-refractivity contribution in [3.8, 4) is 5.75 Å². The van der Waals surface area contributed by atoms with Crippen LogP contribution in [0.25, 0.3) is 0 Å². The van der Waals surface area contributed by atoms with E-state index >= 15 is 0 Å². The van der Waals surface area contributed by atoms with Gasteiger partial charge in [0.05, 0.1) is 6.54 Å². The molecule has 29 heavy (non-hydrogen) atoms. The molecule has 1 amide bonds. The van der Waals surface area contributed by atoms with Crippen molar-refractivity contribution in [2.45, 2.75) is 38.9 Å². The first kappa shape index (κ1) is 23.7. The summed E-state index contributed by atoms with van der Waals surface area (Å²) in [6.45, 7) is 8.41. The van der Waals surface area contributed by atoms with E-state index in [2.05, 4.69) is 22.1 Å².